The number of piperidine rings is 1. The van der Waals surface area contributed by atoms with Crippen molar-refractivity contribution in [3.05, 3.63) is 0 Å². The molecule has 0 bridgehead atoms. The van der Waals surface area contributed by atoms with Crippen molar-refractivity contribution in [1.82, 2.24) is 20.0 Å². The van der Waals surface area contributed by atoms with Crippen molar-refractivity contribution in [3.63, 3.8) is 0 Å². The molecule has 0 aliphatic carbocycles. The molecule has 4 heterocycles. The number of hydrogen-bond acceptors (Lipinski definition) is 10. The molecule has 38 heavy (non-hydrogen) atoms. The summed E-state index contributed by atoms with van der Waals surface area (Å²) in [6.45, 7) is 6.27. The lowest BCUT2D eigenvalue weighted by Gasteiger charge is -2.43. The lowest BCUT2D eigenvalue weighted by atomic mass is 9.89. The van der Waals surface area contributed by atoms with Gasteiger partial charge >= 0.3 is 11.8 Å². The van der Waals surface area contributed by atoms with Crippen molar-refractivity contribution in [2.45, 2.75) is 87.9 Å². The maximum atomic E-state index is 13.1. The van der Waals surface area contributed by atoms with E-state index in [1.807, 2.05) is 6.92 Å². The van der Waals surface area contributed by atoms with E-state index in [0.29, 0.717) is 38.9 Å². The summed E-state index contributed by atoms with van der Waals surface area (Å²) in [5.74, 6) is -4.17. The van der Waals surface area contributed by atoms with Crippen LogP contribution in [-0.4, -0.2) is 130 Å². The highest BCUT2D eigenvalue weighted by molar-refractivity contribution is 6.34. The fraction of sp³-hybridized carbons (Fsp3) is 0.840. The molecular formula is C25H39N5O8. The Morgan fingerprint density at radius 3 is 2.50 bits per heavy atom. The number of carbonyl (C=O) groups is 3. The smallest absolute Gasteiger partial charge is 0.312 e. The SMILES string of the molecule is CN(CC12OCC(O)C(O)C1OC(C)(C)O2)C(=O)C(=O)N1CCC(C)(NCC(=O)N2CCC[C@H]2C#N)CC1. The molecule has 4 saturated heterocycles. The van der Waals surface area contributed by atoms with E-state index in [0.717, 1.165) is 6.42 Å². The zero-order valence-electron chi connectivity index (χ0n) is 22.5. The van der Waals surface area contributed by atoms with Crippen LogP contribution in [0.1, 0.15) is 46.5 Å². The van der Waals surface area contributed by atoms with Crippen LogP contribution in [0, 0.1) is 11.3 Å². The normalized spacial score (nSPS) is 33.9. The standard InChI is InChI=1S/C25H39N5O8/c1-23(2)37-20-19(33)17(31)14-36-25(20,38-23)15-28(4)21(34)22(35)29-10-7-24(3,8-11-29)27-13-18(32)30-9-5-6-16(30)12-26/h16-17,19-20,27,31,33H,5-11,13-15H2,1-4H3/t16-,17?,19?,20?,25?/m0/s1. The minimum absolute atomic E-state index is 0.105. The number of likely N-dealkylation sites (tertiary alicyclic amines) is 2. The molecule has 4 rings (SSSR count). The van der Waals surface area contributed by atoms with Gasteiger partial charge in [-0.15, -0.1) is 0 Å². The average molecular weight is 538 g/mol. The van der Waals surface area contributed by atoms with Crippen LogP contribution in [0.2, 0.25) is 0 Å². The molecule has 212 valence electrons. The molecular weight excluding hydrogens is 498 g/mol. The number of carbonyl (C=O) groups excluding carboxylic acids is 3. The second kappa shape index (κ2) is 10.7. The summed E-state index contributed by atoms with van der Waals surface area (Å²) in [7, 11) is 1.45. The van der Waals surface area contributed by atoms with Gasteiger partial charge < -0.3 is 44.4 Å². The first-order valence-electron chi connectivity index (χ1n) is 13.2. The van der Waals surface area contributed by atoms with Crippen molar-refractivity contribution in [2.75, 3.05) is 46.4 Å². The van der Waals surface area contributed by atoms with Gasteiger partial charge in [0.25, 0.3) is 0 Å². The number of likely N-dealkylation sites (N-methyl/N-ethyl adjacent to an activating group) is 1. The van der Waals surface area contributed by atoms with Gasteiger partial charge in [-0.25, -0.2) is 0 Å². The largest absolute Gasteiger partial charge is 0.388 e. The van der Waals surface area contributed by atoms with Crippen LogP contribution in [0.5, 0.6) is 0 Å². The maximum absolute atomic E-state index is 13.1. The van der Waals surface area contributed by atoms with Crippen LogP contribution >= 0.6 is 0 Å². The Morgan fingerprint density at radius 1 is 1.16 bits per heavy atom. The first-order chi connectivity index (χ1) is 17.8. The van der Waals surface area contributed by atoms with Gasteiger partial charge in [0.05, 0.1) is 25.8 Å². The molecule has 3 amide bonds. The molecule has 0 aromatic heterocycles. The first-order valence-corrected chi connectivity index (χ1v) is 13.2. The predicted octanol–water partition coefficient (Wildman–Crippen LogP) is -1.47. The molecule has 5 atom stereocenters. The highest BCUT2D eigenvalue weighted by Crippen LogP contribution is 2.42. The molecule has 4 aliphatic rings. The Labute approximate surface area is 222 Å². The minimum atomic E-state index is -1.52. The van der Waals surface area contributed by atoms with Crippen molar-refractivity contribution < 1.29 is 38.8 Å². The second-order valence-corrected chi connectivity index (χ2v) is 11.5. The third-order valence-corrected chi connectivity index (χ3v) is 8.00. The first kappa shape index (κ1) is 28.7. The Hall–Kier alpha value is -2.34. The molecule has 0 aromatic rings. The van der Waals surface area contributed by atoms with Crippen molar-refractivity contribution in [3.8, 4) is 6.07 Å². The molecule has 4 fully saturated rings. The summed E-state index contributed by atoms with van der Waals surface area (Å²) in [5.41, 5.74) is -0.386. The quantitative estimate of drug-likeness (QED) is 0.353. The Kier molecular flexibility index (Phi) is 8.05. The van der Waals surface area contributed by atoms with E-state index in [9.17, 15) is 29.9 Å². The summed E-state index contributed by atoms with van der Waals surface area (Å²) < 4.78 is 17.4. The summed E-state index contributed by atoms with van der Waals surface area (Å²) in [6.07, 6.45) is -0.854. The summed E-state index contributed by atoms with van der Waals surface area (Å²) in [6, 6.07) is 1.81. The van der Waals surface area contributed by atoms with Crippen LogP contribution < -0.4 is 5.32 Å². The summed E-state index contributed by atoms with van der Waals surface area (Å²) in [5, 5.41) is 33.0. The number of nitriles is 1. The number of amides is 3. The third kappa shape index (κ3) is 5.66. The van der Waals surface area contributed by atoms with E-state index in [4.69, 9.17) is 14.2 Å². The van der Waals surface area contributed by atoms with Gasteiger partial charge in [-0.05, 0) is 46.5 Å². The van der Waals surface area contributed by atoms with Gasteiger partial charge in [0.2, 0.25) is 11.7 Å². The Morgan fingerprint density at radius 2 is 1.84 bits per heavy atom. The minimum Gasteiger partial charge on any atom is -0.388 e. The Balaban J connectivity index is 1.30. The lowest BCUT2D eigenvalue weighted by Crippen LogP contribution is -2.64. The fourth-order valence-electron chi connectivity index (χ4n) is 5.70. The number of hydrogen-bond donors (Lipinski definition) is 3. The van der Waals surface area contributed by atoms with E-state index < -0.39 is 41.7 Å². The topological polar surface area (TPSA) is 165 Å². The van der Waals surface area contributed by atoms with Crippen molar-refractivity contribution >= 4 is 17.7 Å². The van der Waals surface area contributed by atoms with Crippen LogP contribution in [0.3, 0.4) is 0 Å². The Bertz CT molecular complexity index is 977. The van der Waals surface area contributed by atoms with Crippen molar-refractivity contribution in [2.24, 2.45) is 0 Å². The zero-order valence-corrected chi connectivity index (χ0v) is 22.5. The molecule has 0 saturated carbocycles. The monoisotopic (exact) mass is 537 g/mol. The van der Waals surface area contributed by atoms with Crippen molar-refractivity contribution in [1.29, 1.82) is 5.26 Å². The van der Waals surface area contributed by atoms with Crippen LogP contribution in [0.15, 0.2) is 0 Å². The predicted molar refractivity (Wildman–Crippen MR) is 131 cm³/mol. The van der Waals surface area contributed by atoms with Gasteiger partial charge in [-0.1, -0.05) is 0 Å². The molecule has 3 N–H and O–H groups in total. The zero-order chi connectivity index (χ0) is 27.9. The van der Waals surface area contributed by atoms with Gasteiger partial charge in [-0.2, -0.15) is 5.26 Å². The molecule has 0 aromatic carbocycles. The summed E-state index contributed by atoms with van der Waals surface area (Å²) >= 11 is 0. The number of aliphatic hydroxyl groups is 2. The lowest BCUT2D eigenvalue weighted by molar-refractivity contribution is -0.295. The van der Waals surface area contributed by atoms with E-state index in [1.54, 1.807) is 18.7 Å². The maximum Gasteiger partial charge on any atom is 0.312 e. The third-order valence-electron chi connectivity index (χ3n) is 8.00. The number of aliphatic hydroxyl groups excluding tert-OH is 2. The molecule has 0 spiro atoms. The fourth-order valence-corrected chi connectivity index (χ4v) is 5.70. The number of rotatable bonds is 5. The van der Waals surface area contributed by atoms with Crippen LogP contribution in [-0.2, 0) is 28.6 Å². The van der Waals surface area contributed by atoms with E-state index in [-0.39, 0.29) is 37.2 Å². The van der Waals surface area contributed by atoms with Gasteiger partial charge in [-0.3, -0.25) is 14.4 Å². The van der Waals surface area contributed by atoms with E-state index in [2.05, 4.69) is 11.4 Å². The molecule has 13 heteroatoms. The highest BCUT2D eigenvalue weighted by Gasteiger charge is 2.62. The van der Waals surface area contributed by atoms with Crippen LogP contribution in [0.25, 0.3) is 0 Å². The van der Waals surface area contributed by atoms with E-state index in [1.165, 1.54) is 16.8 Å². The molecule has 0 radical (unpaired) electrons. The second-order valence-electron chi connectivity index (χ2n) is 11.5. The number of fused-ring (bicyclic) bond motifs is 1. The number of ether oxygens (including phenoxy) is 3. The molecule has 4 unspecified atom stereocenters. The number of nitrogens with zero attached hydrogens (tertiary/aromatic N) is 4. The average Bonchev–Trinajstić information content (AvgIpc) is 3.46. The van der Waals surface area contributed by atoms with Gasteiger partial charge in [0.1, 0.15) is 24.4 Å². The molecule has 13 nitrogen and oxygen atoms in total. The van der Waals surface area contributed by atoms with E-state index >= 15 is 0 Å². The molecule has 4 aliphatic heterocycles. The highest BCUT2D eigenvalue weighted by atomic mass is 16.8. The summed E-state index contributed by atoms with van der Waals surface area (Å²) in [4.78, 5) is 43.0. The van der Waals surface area contributed by atoms with Gasteiger partial charge in [0, 0.05) is 32.2 Å². The van der Waals surface area contributed by atoms with Crippen LogP contribution in [0.4, 0.5) is 0 Å². The van der Waals surface area contributed by atoms with Gasteiger partial charge in [0.15, 0.2) is 5.79 Å². The number of nitrogens with one attached hydrogen (secondary N) is 1.